The first-order valence-corrected chi connectivity index (χ1v) is 4.71. The summed E-state index contributed by atoms with van der Waals surface area (Å²) >= 11 is 0. The summed E-state index contributed by atoms with van der Waals surface area (Å²) in [5.74, 6) is -0.253. The van der Waals surface area contributed by atoms with Crippen molar-refractivity contribution in [2.24, 2.45) is 0 Å². The number of halogens is 3. The van der Waals surface area contributed by atoms with Crippen LogP contribution in [0.5, 0.6) is 11.5 Å². The fourth-order valence-electron chi connectivity index (χ4n) is 1.07. The molecule has 0 spiro atoms. The Hall–Kier alpha value is -1.39. The fourth-order valence-corrected chi connectivity index (χ4v) is 1.07. The van der Waals surface area contributed by atoms with Gasteiger partial charge in [-0.1, -0.05) is 12.1 Å². The van der Waals surface area contributed by atoms with Gasteiger partial charge in [0, 0.05) is 0 Å². The van der Waals surface area contributed by atoms with E-state index in [1.54, 1.807) is 26.8 Å². The quantitative estimate of drug-likeness (QED) is 0.775. The first-order valence-electron chi connectivity index (χ1n) is 4.71. The average Bonchev–Trinajstić information content (AvgIpc) is 2.03. The third-order valence-electron chi connectivity index (χ3n) is 1.49. The van der Waals surface area contributed by atoms with Gasteiger partial charge in [0.25, 0.3) is 0 Å². The summed E-state index contributed by atoms with van der Waals surface area (Å²) < 4.78 is 45.4. The SMILES string of the molecule is CC(C)(C)Oc1ccccc1OC(F)(F)F. The maximum Gasteiger partial charge on any atom is 0.573 e. The van der Waals surface area contributed by atoms with Gasteiger partial charge in [0.2, 0.25) is 0 Å². The summed E-state index contributed by atoms with van der Waals surface area (Å²) in [6.07, 6.45) is -4.71. The average molecular weight is 234 g/mol. The van der Waals surface area contributed by atoms with Crippen LogP contribution < -0.4 is 9.47 Å². The maximum absolute atomic E-state index is 12.1. The molecule has 0 fully saturated rings. The molecule has 0 atom stereocenters. The molecule has 0 heterocycles. The molecule has 0 N–H and O–H groups in total. The highest BCUT2D eigenvalue weighted by Gasteiger charge is 2.32. The molecule has 0 radical (unpaired) electrons. The van der Waals surface area contributed by atoms with E-state index in [2.05, 4.69) is 4.74 Å². The van der Waals surface area contributed by atoms with Gasteiger partial charge in [-0.15, -0.1) is 13.2 Å². The van der Waals surface area contributed by atoms with E-state index in [1.165, 1.54) is 18.2 Å². The van der Waals surface area contributed by atoms with E-state index in [9.17, 15) is 13.2 Å². The van der Waals surface area contributed by atoms with Crippen LogP contribution in [0, 0.1) is 0 Å². The lowest BCUT2D eigenvalue weighted by molar-refractivity contribution is -0.275. The van der Waals surface area contributed by atoms with Gasteiger partial charge in [-0.2, -0.15) is 0 Å². The number of hydrogen-bond donors (Lipinski definition) is 0. The Kier molecular flexibility index (Phi) is 3.35. The van der Waals surface area contributed by atoms with Crippen LogP contribution >= 0.6 is 0 Å². The zero-order valence-electron chi connectivity index (χ0n) is 9.26. The molecule has 1 rings (SSSR count). The molecule has 5 heteroatoms. The molecule has 0 aliphatic carbocycles. The Morgan fingerprint density at radius 2 is 1.31 bits per heavy atom. The minimum atomic E-state index is -4.71. The smallest absolute Gasteiger partial charge is 0.484 e. The van der Waals surface area contributed by atoms with E-state index in [1.807, 2.05) is 0 Å². The van der Waals surface area contributed by atoms with Gasteiger partial charge in [-0.05, 0) is 32.9 Å². The normalized spacial score (nSPS) is 12.4. The van der Waals surface area contributed by atoms with E-state index < -0.39 is 12.0 Å². The molecule has 90 valence electrons. The van der Waals surface area contributed by atoms with Crippen LogP contribution in [0.3, 0.4) is 0 Å². The van der Waals surface area contributed by atoms with Crippen LogP contribution in [-0.4, -0.2) is 12.0 Å². The second-order valence-electron chi connectivity index (χ2n) is 4.21. The van der Waals surface area contributed by atoms with Gasteiger partial charge in [-0.3, -0.25) is 0 Å². The monoisotopic (exact) mass is 234 g/mol. The van der Waals surface area contributed by atoms with Crippen LogP contribution in [0.1, 0.15) is 20.8 Å². The highest BCUT2D eigenvalue weighted by atomic mass is 19.4. The molecule has 0 saturated heterocycles. The first kappa shape index (κ1) is 12.7. The van der Waals surface area contributed by atoms with Gasteiger partial charge < -0.3 is 9.47 Å². The highest BCUT2D eigenvalue weighted by Crippen LogP contribution is 2.33. The molecule has 0 saturated carbocycles. The lowest BCUT2D eigenvalue weighted by Gasteiger charge is -2.23. The van der Waals surface area contributed by atoms with Crippen molar-refractivity contribution in [3.8, 4) is 11.5 Å². The molecule has 0 aliphatic rings. The van der Waals surface area contributed by atoms with Crippen LogP contribution in [0.25, 0.3) is 0 Å². The topological polar surface area (TPSA) is 18.5 Å². The van der Waals surface area contributed by atoms with Crippen LogP contribution in [0.4, 0.5) is 13.2 Å². The largest absolute Gasteiger partial charge is 0.573 e. The van der Waals surface area contributed by atoms with E-state index in [-0.39, 0.29) is 11.5 Å². The molecule has 0 bridgehead atoms. The van der Waals surface area contributed by atoms with Crippen molar-refractivity contribution in [1.29, 1.82) is 0 Å². The summed E-state index contributed by atoms with van der Waals surface area (Å²) in [4.78, 5) is 0. The predicted molar refractivity (Wildman–Crippen MR) is 53.5 cm³/mol. The van der Waals surface area contributed by atoms with Crippen LogP contribution in [-0.2, 0) is 0 Å². The molecule has 0 amide bonds. The fraction of sp³-hybridized carbons (Fsp3) is 0.455. The van der Waals surface area contributed by atoms with Crippen molar-refractivity contribution in [2.45, 2.75) is 32.7 Å². The van der Waals surface area contributed by atoms with Gasteiger partial charge in [0.1, 0.15) is 5.60 Å². The summed E-state index contributed by atoms with van der Waals surface area (Å²) in [5.41, 5.74) is -0.578. The molecule has 0 aromatic heterocycles. The lowest BCUT2D eigenvalue weighted by Crippen LogP contribution is -2.24. The first-order chi connectivity index (χ1) is 7.17. The van der Waals surface area contributed by atoms with Gasteiger partial charge >= 0.3 is 6.36 Å². The Bertz CT molecular complexity index is 318. The summed E-state index contributed by atoms with van der Waals surface area (Å²) in [5, 5.41) is 0. The minimum absolute atomic E-state index is 0.0762. The number of rotatable bonds is 2. The standard InChI is InChI=1S/C11H13F3O2/c1-10(2,3)15-8-6-4-5-7-9(8)16-11(12,13)14/h4-7H,1-3H3. The van der Waals surface area contributed by atoms with Gasteiger partial charge in [0.15, 0.2) is 11.5 Å². The van der Waals surface area contributed by atoms with Crippen LogP contribution in [0.15, 0.2) is 24.3 Å². The van der Waals surface area contributed by atoms with E-state index in [4.69, 9.17) is 4.74 Å². The van der Waals surface area contributed by atoms with Crippen molar-refractivity contribution in [1.82, 2.24) is 0 Å². The van der Waals surface area contributed by atoms with E-state index >= 15 is 0 Å². The van der Waals surface area contributed by atoms with Gasteiger partial charge in [-0.25, -0.2) is 0 Å². The molecule has 2 nitrogen and oxygen atoms in total. The lowest BCUT2D eigenvalue weighted by atomic mass is 10.2. The second kappa shape index (κ2) is 4.23. The second-order valence-corrected chi connectivity index (χ2v) is 4.21. The van der Waals surface area contributed by atoms with E-state index in [0.29, 0.717) is 0 Å². The number of hydrogen-bond acceptors (Lipinski definition) is 2. The van der Waals surface area contributed by atoms with Crippen molar-refractivity contribution >= 4 is 0 Å². The predicted octanol–water partition coefficient (Wildman–Crippen LogP) is 3.76. The van der Waals surface area contributed by atoms with Crippen LogP contribution in [0.2, 0.25) is 0 Å². The summed E-state index contributed by atoms with van der Waals surface area (Å²) in [7, 11) is 0. The zero-order valence-corrected chi connectivity index (χ0v) is 9.26. The van der Waals surface area contributed by atoms with E-state index in [0.717, 1.165) is 0 Å². The third-order valence-corrected chi connectivity index (χ3v) is 1.49. The maximum atomic E-state index is 12.1. The number of alkyl halides is 3. The Labute approximate surface area is 92.0 Å². The summed E-state index contributed by atoms with van der Waals surface area (Å²) in [6.45, 7) is 5.24. The Morgan fingerprint density at radius 3 is 1.69 bits per heavy atom. The summed E-state index contributed by atoms with van der Waals surface area (Å²) in [6, 6.07) is 5.70. The number of para-hydroxylation sites is 2. The van der Waals surface area contributed by atoms with Crippen molar-refractivity contribution in [3.63, 3.8) is 0 Å². The van der Waals surface area contributed by atoms with Gasteiger partial charge in [0.05, 0.1) is 0 Å². The molecule has 16 heavy (non-hydrogen) atoms. The van der Waals surface area contributed by atoms with Crippen molar-refractivity contribution in [2.75, 3.05) is 0 Å². The molecule has 1 aromatic rings. The minimum Gasteiger partial charge on any atom is -0.484 e. The third kappa shape index (κ3) is 4.42. The molecular formula is C11H13F3O2. The number of ether oxygens (including phenoxy) is 2. The van der Waals surface area contributed by atoms with Crippen molar-refractivity contribution in [3.05, 3.63) is 24.3 Å². The highest BCUT2D eigenvalue weighted by molar-refractivity contribution is 5.39. The Morgan fingerprint density at radius 1 is 0.875 bits per heavy atom. The zero-order chi connectivity index (χ0) is 12.4. The Balaban J connectivity index is 2.92. The molecule has 0 unspecified atom stereocenters. The molecule has 1 aromatic carbocycles. The van der Waals surface area contributed by atoms with Crippen molar-refractivity contribution < 1.29 is 22.6 Å². The molecule has 0 aliphatic heterocycles. The number of benzene rings is 1. The molecular weight excluding hydrogens is 221 g/mol.